The third kappa shape index (κ3) is 4.07. The van der Waals surface area contributed by atoms with Crippen LogP contribution in [0.1, 0.15) is 18.4 Å². The van der Waals surface area contributed by atoms with E-state index in [-0.39, 0.29) is 16.5 Å². The second-order valence-electron chi connectivity index (χ2n) is 6.45. The van der Waals surface area contributed by atoms with E-state index in [1.54, 1.807) is 0 Å². The van der Waals surface area contributed by atoms with E-state index in [1.807, 2.05) is 24.3 Å². The molecule has 0 unspecified atom stereocenters. The van der Waals surface area contributed by atoms with Gasteiger partial charge in [0.2, 0.25) is 10.0 Å². The summed E-state index contributed by atoms with van der Waals surface area (Å²) in [5, 5.41) is 11.4. The Kier molecular flexibility index (Phi) is 5.69. The Morgan fingerprint density at radius 2 is 1.85 bits per heavy atom. The van der Waals surface area contributed by atoms with Crippen molar-refractivity contribution in [2.75, 3.05) is 25.0 Å². The van der Waals surface area contributed by atoms with Crippen molar-refractivity contribution in [3.05, 3.63) is 63.2 Å². The molecule has 0 saturated carbocycles. The van der Waals surface area contributed by atoms with Crippen LogP contribution in [0.3, 0.4) is 0 Å². The zero-order valence-electron chi connectivity index (χ0n) is 14.8. The van der Waals surface area contributed by atoms with Crippen LogP contribution < -0.4 is 4.90 Å². The molecule has 0 amide bonds. The smallest absolute Gasteiger partial charge is 0.290 e. The minimum Gasteiger partial charge on any atom is -0.371 e. The Morgan fingerprint density at radius 1 is 1.19 bits per heavy atom. The van der Waals surface area contributed by atoms with Gasteiger partial charge in [-0.15, -0.1) is 0 Å². The highest BCUT2D eigenvalue weighted by molar-refractivity contribution is 7.89. The Bertz CT molecular complexity index is 959. The standard InChI is InChI=1S/C18H20ClN3O4S/c1-20(13-14-6-2-3-7-16(14)21-10-4-5-11-21)27(25,26)18-9-8-15(19)12-17(18)22(23)24/h2-3,6-9,12H,4-5,10-11,13H2,1H3. The Morgan fingerprint density at radius 3 is 2.52 bits per heavy atom. The predicted molar refractivity (Wildman–Crippen MR) is 105 cm³/mol. The second-order valence-corrected chi connectivity index (χ2v) is 8.90. The highest BCUT2D eigenvalue weighted by Gasteiger charge is 2.30. The summed E-state index contributed by atoms with van der Waals surface area (Å²) in [5.74, 6) is 0. The highest BCUT2D eigenvalue weighted by Crippen LogP contribution is 2.31. The van der Waals surface area contributed by atoms with E-state index in [9.17, 15) is 18.5 Å². The average molecular weight is 410 g/mol. The van der Waals surface area contributed by atoms with Gasteiger partial charge in [-0.3, -0.25) is 10.1 Å². The lowest BCUT2D eigenvalue weighted by molar-refractivity contribution is -0.387. The number of hydrogen-bond donors (Lipinski definition) is 0. The fourth-order valence-electron chi connectivity index (χ4n) is 3.26. The molecule has 0 radical (unpaired) electrons. The van der Waals surface area contributed by atoms with Crippen molar-refractivity contribution in [2.45, 2.75) is 24.3 Å². The highest BCUT2D eigenvalue weighted by atomic mass is 35.5. The van der Waals surface area contributed by atoms with Crippen LogP contribution in [0.4, 0.5) is 11.4 Å². The zero-order valence-corrected chi connectivity index (χ0v) is 16.4. The zero-order chi connectivity index (χ0) is 19.6. The summed E-state index contributed by atoms with van der Waals surface area (Å²) >= 11 is 5.80. The molecule has 1 aliphatic rings. The Labute approximate surface area is 163 Å². The number of sulfonamides is 1. The van der Waals surface area contributed by atoms with Crippen LogP contribution in [0.2, 0.25) is 5.02 Å². The number of nitro benzene ring substituents is 1. The van der Waals surface area contributed by atoms with Gasteiger partial charge in [-0.1, -0.05) is 29.8 Å². The maximum absolute atomic E-state index is 13.0. The number of nitro groups is 1. The van der Waals surface area contributed by atoms with Crippen LogP contribution in [-0.2, 0) is 16.6 Å². The lowest BCUT2D eigenvalue weighted by atomic mass is 10.1. The summed E-state index contributed by atoms with van der Waals surface area (Å²) < 4.78 is 27.1. The normalized spacial score (nSPS) is 14.7. The molecule has 1 saturated heterocycles. The number of benzene rings is 2. The van der Waals surface area contributed by atoms with Crippen molar-refractivity contribution in [3.63, 3.8) is 0 Å². The first-order chi connectivity index (χ1) is 12.8. The van der Waals surface area contributed by atoms with E-state index < -0.39 is 20.6 Å². The van der Waals surface area contributed by atoms with E-state index in [1.165, 1.54) is 19.2 Å². The number of halogens is 1. The van der Waals surface area contributed by atoms with E-state index in [0.717, 1.165) is 47.6 Å². The van der Waals surface area contributed by atoms with Crippen LogP contribution in [0.15, 0.2) is 47.4 Å². The molecular weight excluding hydrogens is 390 g/mol. The fraction of sp³-hybridized carbons (Fsp3) is 0.333. The van der Waals surface area contributed by atoms with Crippen LogP contribution in [0.25, 0.3) is 0 Å². The maximum atomic E-state index is 13.0. The quantitative estimate of drug-likeness (QED) is 0.537. The molecule has 1 aliphatic heterocycles. The second kappa shape index (κ2) is 7.84. The van der Waals surface area contributed by atoms with Crippen LogP contribution >= 0.6 is 11.6 Å². The molecule has 0 aromatic heterocycles. The minimum absolute atomic E-state index is 0.114. The van der Waals surface area contributed by atoms with Gasteiger partial charge in [-0.25, -0.2) is 8.42 Å². The Balaban J connectivity index is 1.93. The molecule has 2 aromatic rings. The fourth-order valence-corrected chi connectivity index (χ4v) is 4.70. The molecule has 0 aliphatic carbocycles. The predicted octanol–water partition coefficient (Wildman–Crippen LogP) is 3.67. The first kappa shape index (κ1) is 19.6. The van der Waals surface area contributed by atoms with Crippen LogP contribution in [-0.4, -0.2) is 37.8 Å². The van der Waals surface area contributed by atoms with E-state index >= 15 is 0 Å². The van der Waals surface area contributed by atoms with Gasteiger partial charge in [-0.2, -0.15) is 4.31 Å². The van der Waals surface area contributed by atoms with Gasteiger partial charge in [0.1, 0.15) is 0 Å². The number of para-hydroxylation sites is 1. The van der Waals surface area contributed by atoms with Crippen molar-refractivity contribution in [1.82, 2.24) is 4.31 Å². The number of anilines is 1. The molecule has 0 atom stereocenters. The molecule has 2 aromatic carbocycles. The van der Waals surface area contributed by atoms with E-state index in [4.69, 9.17) is 11.6 Å². The van der Waals surface area contributed by atoms with Crippen molar-refractivity contribution in [3.8, 4) is 0 Å². The molecule has 0 spiro atoms. The SMILES string of the molecule is CN(Cc1ccccc1N1CCCC1)S(=O)(=O)c1ccc(Cl)cc1[N+](=O)[O-]. The summed E-state index contributed by atoms with van der Waals surface area (Å²) in [6.45, 7) is 2.00. The number of nitrogens with zero attached hydrogens (tertiary/aromatic N) is 3. The third-order valence-corrected chi connectivity index (χ3v) is 6.72. The first-order valence-corrected chi connectivity index (χ1v) is 10.4. The van der Waals surface area contributed by atoms with Gasteiger partial charge in [0.15, 0.2) is 4.90 Å². The number of hydrogen-bond acceptors (Lipinski definition) is 5. The molecule has 144 valence electrons. The molecule has 0 bridgehead atoms. The van der Waals surface area contributed by atoms with Crippen LogP contribution in [0, 0.1) is 10.1 Å². The molecule has 9 heteroatoms. The largest absolute Gasteiger partial charge is 0.371 e. The lowest BCUT2D eigenvalue weighted by Gasteiger charge is -2.24. The van der Waals surface area contributed by atoms with Gasteiger partial charge in [0, 0.05) is 43.5 Å². The molecule has 1 fully saturated rings. The van der Waals surface area contributed by atoms with Gasteiger partial charge < -0.3 is 4.90 Å². The van der Waals surface area contributed by atoms with E-state index in [2.05, 4.69) is 4.90 Å². The van der Waals surface area contributed by atoms with Crippen molar-refractivity contribution in [1.29, 1.82) is 0 Å². The van der Waals surface area contributed by atoms with Crippen molar-refractivity contribution >= 4 is 33.0 Å². The van der Waals surface area contributed by atoms with Gasteiger partial charge >= 0.3 is 0 Å². The first-order valence-electron chi connectivity index (χ1n) is 8.54. The van der Waals surface area contributed by atoms with Crippen molar-refractivity contribution in [2.24, 2.45) is 0 Å². The summed E-state index contributed by atoms with van der Waals surface area (Å²) in [4.78, 5) is 12.4. The summed E-state index contributed by atoms with van der Waals surface area (Å²) in [5.41, 5.74) is 1.34. The monoisotopic (exact) mass is 409 g/mol. The summed E-state index contributed by atoms with van der Waals surface area (Å²) in [6, 6.07) is 11.2. The molecule has 7 nitrogen and oxygen atoms in total. The Hall–Kier alpha value is -2.16. The van der Waals surface area contributed by atoms with Gasteiger partial charge in [0.05, 0.1) is 4.92 Å². The van der Waals surface area contributed by atoms with Gasteiger partial charge in [-0.05, 0) is 36.6 Å². The molecule has 0 N–H and O–H groups in total. The maximum Gasteiger partial charge on any atom is 0.290 e. The van der Waals surface area contributed by atoms with E-state index in [0.29, 0.717) is 0 Å². The van der Waals surface area contributed by atoms with Crippen LogP contribution in [0.5, 0.6) is 0 Å². The molecule has 1 heterocycles. The molecule has 3 rings (SSSR count). The lowest BCUT2D eigenvalue weighted by Crippen LogP contribution is -2.28. The van der Waals surface area contributed by atoms with Crippen molar-refractivity contribution < 1.29 is 13.3 Å². The average Bonchev–Trinajstić information content (AvgIpc) is 3.16. The third-order valence-electron chi connectivity index (χ3n) is 4.64. The molecule has 27 heavy (non-hydrogen) atoms. The molecular formula is C18H20ClN3O4S. The summed E-state index contributed by atoms with van der Waals surface area (Å²) in [7, 11) is -2.63. The van der Waals surface area contributed by atoms with Gasteiger partial charge in [0.25, 0.3) is 5.69 Å². The topological polar surface area (TPSA) is 83.8 Å². The number of rotatable bonds is 6. The summed E-state index contributed by atoms with van der Waals surface area (Å²) in [6.07, 6.45) is 2.22. The minimum atomic E-state index is -4.06.